The van der Waals surface area contributed by atoms with E-state index < -0.39 is 0 Å². The minimum Gasteiger partial charge on any atom is -0.324 e. The van der Waals surface area contributed by atoms with Crippen molar-refractivity contribution in [1.29, 1.82) is 5.26 Å². The lowest BCUT2D eigenvalue weighted by Gasteiger charge is -2.18. The Kier molecular flexibility index (Phi) is 5.37. The van der Waals surface area contributed by atoms with Crippen LogP contribution < -0.4 is 5.32 Å². The van der Waals surface area contributed by atoms with E-state index in [0.29, 0.717) is 24.1 Å². The number of amides is 1. The maximum absolute atomic E-state index is 12.4. The second-order valence-electron chi connectivity index (χ2n) is 6.15. The van der Waals surface area contributed by atoms with Gasteiger partial charge in [0.25, 0.3) is 0 Å². The zero-order valence-corrected chi connectivity index (χ0v) is 13.9. The topological polar surface area (TPSA) is 56.1 Å². The molecule has 1 fully saturated rings. The third kappa shape index (κ3) is 4.15. The smallest absolute Gasteiger partial charge is 0.238 e. The van der Waals surface area contributed by atoms with Crippen molar-refractivity contribution >= 4 is 23.4 Å². The summed E-state index contributed by atoms with van der Waals surface area (Å²) in [5, 5.41) is 11.7. The van der Waals surface area contributed by atoms with Crippen molar-refractivity contribution in [3.63, 3.8) is 0 Å². The molecular formula is C18H21N3OS. The average Bonchev–Trinajstić information content (AvgIpc) is 2.96. The normalized spacial score (nSPS) is 23.3. The molecule has 0 unspecified atom stereocenters. The number of thioether (sulfide) groups is 1. The second-order valence-corrected chi connectivity index (χ2v) is 7.17. The number of para-hydroxylation sites is 1. The number of nitriles is 1. The molecule has 2 aliphatic rings. The molecule has 23 heavy (non-hydrogen) atoms. The Morgan fingerprint density at radius 2 is 1.96 bits per heavy atom. The first kappa shape index (κ1) is 16.1. The Balaban J connectivity index is 1.55. The largest absolute Gasteiger partial charge is 0.324 e. The van der Waals surface area contributed by atoms with Gasteiger partial charge in [-0.05, 0) is 36.8 Å². The predicted molar refractivity (Wildman–Crippen MR) is 93.2 cm³/mol. The number of rotatable bonds is 5. The van der Waals surface area contributed by atoms with Crippen LogP contribution in [0.5, 0.6) is 0 Å². The van der Waals surface area contributed by atoms with Crippen LogP contribution in [0, 0.1) is 23.2 Å². The Bertz CT molecular complexity index is 621. The van der Waals surface area contributed by atoms with Gasteiger partial charge in [-0.25, -0.2) is 0 Å². The summed E-state index contributed by atoms with van der Waals surface area (Å²) in [7, 11) is 0. The SMILES string of the molecule is N#CCSc1ccccc1NC(=O)CN1C[C@H]2CC=CC[C@H]2C1. The van der Waals surface area contributed by atoms with Crippen LogP contribution in [0.25, 0.3) is 0 Å². The van der Waals surface area contributed by atoms with Crippen LogP contribution in [0.3, 0.4) is 0 Å². The second kappa shape index (κ2) is 7.67. The van der Waals surface area contributed by atoms with Crippen molar-refractivity contribution in [3.8, 4) is 6.07 Å². The number of benzene rings is 1. The van der Waals surface area contributed by atoms with E-state index in [1.54, 1.807) is 0 Å². The fourth-order valence-electron chi connectivity index (χ4n) is 3.44. The van der Waals surface area contributed by atoms with Crippen LogP contribution in [-0.4, -0.2) is 36.2 Å². The summed E-state index contributed by atoms with van der Waals surface area (Å²) in [4.78, 5) is 15.6. The molecular weight excluding hydrogens is 306 g/mol. The number of nitrogens with one attached hydrogen (secondary N) is 1. The summed E-state index contributed by atoms with van der Waals surface area (Å²) in [5.41, 5.74) is 0.802. The quantitative estimate of drug-likeness (QED) is 0.667. The molecule has 1 amide bonds. The molecule has 1 aliphatic heterocycles. The number of hydrogen-bond acceptors (Lipinski definition) is 4. The van der Waals surface area contributed by atoms with Crippen molar-refractivity contribution in [2.45, 2.75) is 17.7 Å². The lowest BCUT2D eigenvalue weighted by Crippen LogP contribution is -2.32. The fourth-order valence-corrected chi connectivity index (χ4v) is 4.11. The summed E-state index contributed by atoms with van der Waals surface area (Å²) in [6.45, 7) is 2.49. The molecule has 2 atom stereocenters. The molecule has 1 aromatic rings. The number of nitrogens with zero attached hydrogens (tertiary/aromatic N) is 2. The first-order valence-corrected chi connectivity index (χ1v) is 9.01. The molecule has 1 N–H and O–H groups in total. The van der Waals surface area contributed by atoms with E-state index in [1.807, 2.05) is 24.3 Å². The number of likely N-dealkylation sites (tertiary alicyclic amines) is 1. The van der Waals surface area contributed by atoms with E-state index in [-0.39, 0.29) is 5.91 Å². The van der Waals surface area contributed by atoms with Crippen molar-refractivity contribution in [1.82, 2.24) is 4.90 Å². The minimum absolute atomic E-state index is 0.0293. The maximum Gasteiger partial charge on any atom is 0.238 e. The monoisotopic (exact) mass is 327 g/mol. The van der Waals surface area contributed by atoms with Gasteiger partial charge >= 0.3 is 0 Å². The zero-order chi connectivity index (χ0) is 16.1. The first-order valence-electron chi connectivity index (χ1n) is 8.02. The van der Waals surface area contributed by atoms with Gasteiger partial charge in [-0.3, -0.25) is 9.69 Å². The van der Waals surface area contributed by atoms with Gasteiger partial charge in [0.15, 0.2) is 0 Å². The van der Waals surface area contributed by atoms with E-state index in [4.69, 9.17) is 5.26 Å². The van der Waals surface area contributed by atoms with Crippen molar-refractivity contribution in [2.75, 3.05) is 30.7 Å². The van der Waals surface area contributed by atoms with Crippen LogP contribution in [0.2, 0.25) is 0 Å². The Hall–Kier alpha value is -1.77. The molecule has 0 saturated carbocycles. The number of carbonyl (C=O) groups is 1. The molecule has 1 aromatic carbocycles. The van der Waals surface area contributed by atoms with Crippen LogP contribution in [0.4, 0.5) is 5.69 Å². The highest BCUT2D eigenvalue weighted by Gasteiger charge is 2.33. The van der Waals surface area contributed by atoms with Crippen LogP contribution in [0.15, 0.2) is 41.3 Å². The van der Waals surface area contributed by atoms with Gasteiger partial charge in [0.05, 0.1) is 24.1 Å². The highest BCUT2D eigenvalue weighted by Crippen LogP contribution is 2.32. The standard InChI is InChI=1S/C18H21N3OS/c19-9-10-23-17-8-4-3-7-16(17)20-18(22)13-21-11-14-5-1-2-6-15(14)12-21/h1-4,7-8,14-15H,5-6,10-13H2,(H,20,22)/t14-,15+. The van der Waals surface area contributed by atoms with Gasteiger partial charge in [0, 0.05) is 18.0 Å². The van der Waals surface area contributed by atoms with E-state index in [2.05, 4.69) is 28.4 Å². The summed E-state index contributed by atoms with van der Waals surface area (Å²) in [6.07, 6.45) is 6.84. The van der Waals surface area contributed by atoms with E-state index >= 15 is 0 Å². The first-order chi connectivity index (χ1) is 11.3. The zero-order valence-electron chi connectivity index (χ0n) is 13.1. The molecule has 120 valence electrons. The van der Waals surface area contributed by atoms with Gasteiger partial charge in [0.2, 0.25) is 5.91 Å². The molecule has 4 nitrogen and oxygen atoms in total. The summed E-state index contributed by atoms with van der Waals surface area (Å²) in [5.74, 6) is 1.84. The van der Waals surface area contributed by atoms with Gasteiger partial charge in [-0.15, -0.1) is 11.8 Å². The minimum atomic E-state index is 0.0293. The Labute approximate surface area is 141 Å². The molecule has 5 heteroatoms. The van der Waals surface area contributed by atoms with Crippen molar-refractivity contribution in [2.24, 2.45) is 11.8 Å². The third-order valence-electron chi connectivity index (χ3n) is 4.52. The molecule has 0 spiro atoms. The summed E-state index contributed by atoms with van der Waals surface area (Å²) in [6, 6.07) is 9.78. The van der Waals surface area contributed by atoms with Gasteiger partial charge < -0.3 is 5.32 Å². The highest BCUT2D eigenvalue weighted by molar-refractivity contribution is 7.99. The number of hydrogen-bond donors (Lipinski definition) is 1. The highest BCUT2D eigenvalue weighted by atomic mass is 32.2. The molecule has 1 saturated heterocycles. The van der Waals surface area contributed by atoms with E-state index in [0.717, 1.165) is 36.5 Å². The average molecular weight is 327 g/mol. The summed E-state index contributed by atoms with van der Waals surface area (Å²) < 4.78 is 0. The molecule has 0 radical (unpaired) electrons. The fraction of sp³-hybridized carbons (Fsp3) is 0.444. The molecule has 0 bridgehead atoms. The number of carbonyl (C=O) groups excluding carboxylic acids is 1. The molecule has 0 aromatic heterocycles. The van der Waals surface area contributed by atoms with Crippen LogP contribution in [-0.2, 0) is 4.79 Å². The number of anilines is 1. The van der Waals surface area contributed by atoms with E-state index in [9.17, 15) is 4.79 Å². The maximum atomic E-state index is 12.4. The van der Waals surface area contributed by atoms with Crippen LogP contribution >= 0.6 is 11.8 Å². The van der Waals surface area contributed by atoms with Gasteiger partial charge in [-0.1, -0.05) is 24.3 Å². The van der Waals surface area contributed by atoms with Crippen LogP contribution in [0.1, 0.15) is 12.8 Å². The third-order valence-corrected chi connectivity index (χ3v) is 5.46. The van der Waals surface area contributed by atoms with Crippen molar-refractivity contribution in [3.05, 3.63) is 36.4 Å². The molecule has 1 heterocycles. The summed E-state index contributed by atoms with van der Waals surface area (Å²) >= 11 is 1.45. The molecule has 3 rings (SSSR count). The molecule has 1 aliphatic carbocycles. The van der Waals surface area contributed by atoms with Crippen molar-refractivity contribution < 1.29 is 4.79 Å². The lowest BCUT2D eigenvalue weighted by molar-refractivity contribution is -0.117. The number of fused-ring (bicyclic) bond motifs is 1. The van der Waals surface area contributed by atoms with Gasteiger partial charge in [0.1, 0.15) is 0 Å². The predicted octanol–water partition coefficient (Wildman–Crippen LogP) is 3.14. The van der Waals surface area contributed by atoms with Gasteiger partial charge in [-0.2, -0.15) is 5.26 Å². The van der Waals surface area contributed by atoms with E-state index in [1.165, 1.54) is 11.8 Å². The Morgan fingerprint density at radius 3 is 2.65 bits per heavy atom. The lowest BCUT2D eigenvalue weighted by atomic mass is 9.86. The number of allylic oxidation sites excluding steroid dienone is 2. The Morgan fingerprint density at radius 1 is 1.26 bits per heavy atom.